The highest BCUT2D eigenvalue weighted by Crippen LogP contribution is 2.39. The highest BCUT2D eigenvalue weighted by Gasteiger charge is 2.33. The number of nitrogens with zero attached hydrogens (tertiary/aromatic N) is 2. The van der Waals surface area contributed by atoms with E-state index in [9.17, 15) is 14.9 Å². The molecule has 188 valence electrons. The highest BCUT2D eigenvalue weighted by atomic mass is 16.6. The number of nitro groups is 1. The van der Waals surface area contributed by atoms with Gasteiger partial charge in [-0.05, 0) is 64.7 Å². The van der Waals surface area contributed by atoms with Crippen molar-refractivity contribution in [3.8, 4) is 17.2 Å². The van der Waals surface area contributed by atoms with Crippen LogP contribution in [-0.2, 0) is 6.42 Å². The monoisotopic (exact) mass is 498 g/mol. The lowest BCUT2D eigenvalue weighted by molar-refractivity contribution is -0.384. The summed E-state index contributed by atoms with van der Waals surface area (Å²) >= 11 is 0. The topological polar surface area (TPSA) is 91.1 Å². The molecule has 1 heterocycles. The van der Waals surface area contributed by atoms with Gasteiger partial charge in [-0.15, -0.1) is 0 Å². The number of benzene rings is 4. The van der Waals surface area contributed by atoms with Gasteiger partial charge in [0.05, 0.1) is 25.2 Å². The van der Waals surface area contributed by atoms with Crippen LogP contribution in [0.2, 0.25) is 0 Å². The molecular formula is C29H26N2O6. The number of non-ortho nitro benzene ring substituents is 1. The fraction of sp³-hybridized carbons (Fsp3) is 0.207. The Hall–Kier alpha value is -4.59. The summed E-state index contributed by atoms with van der Waals surface area (Å²) in [5.74, 6) is 1.59. The molecule has 0 N–H and O–H groups in total. The van der Waals surface area contributed by atoms with E-state index in [0.717, 1.165) is 21.9 Å². The average molecular weight is 499 g/mol. The molecule has 8 heteroatoms. The summed E-state index contributed by atoms with van der Waals surface area (Å²) in [6, 6.07) is 23.0. The lowest BCUT2D eigenvalue weighted by Gasteiger charge is -2.37. The Morgan fingerprint density at radius 1 is 0.946 bits per heavy atom. The van der Waals surface area contributed by atoms with E-state index in [0.29, 0.717) is 35.8 Å². The molecule has 0 bridgehead atoms. The number of carbonyl (C=O) groups is 1. The van der Waals surface area contributed by atoms with Gasteiger partial charge in [0.25, 0.3) is 11.6 Å². The number of ether oxygens (including phenoxy) is 3. The predicted molar refractivity (Wildman–Crippen MR) is 140 cm³/mol. The first-order chi connectivity index (χ1) is 18.0. The summed E-state index contributed by atoms with van der Waals surface area (Å²) in [6.07, 6.45) is 0.656. The third-order valence-electron chi connectivity index (χ3n) is 6.72. The molecule has 37 heavy (non-hydrogen) atoms. The molecule has 4 aromatic carbocycles. The van der Waals surface area contributed by atoms with Crippen molar-refractivity contribution >= 4 is 22.4 Å². The first-order valence-corrected chi connectivity index (χ1v) is 11.9. The Morgan fingerprint density at radius 3 is 2.35 bits per heavy atom. The van der Waals surface area contributed by atoms with Crippen molar-refractivity contribution < 1.29 is 23.9 Å². The van der Waals surface area contributed by atoms with Crippen molar-refractivity contribution in [2.24, 2.45) is 0 Å². The molecule has 0 aliphatic carbocycles. The van der Waals surface area contributed by atoms with E-state index >= 15 is 0 Å². The molecule has 0 fully saturated rings. The second-order valence-corrected chi connectivity index (χ2v) is 8.79. The van der Waals surface area contributed by atoms with Crippen LogP contribution in [-0.4, -0.2) is 43.1 Å². The number of amides is 1. The zero-order valence-electron chi connectivity index (χ0n) is 20.5. The molecule has 0 saturated carbocycles. The second kappa shape index (κ2) is 10.2. The number of hydrogen-bond acceptors (Lipinski definition) is 6. The van der Waals surface area contributed by atoms with Crippen molar-refractivity contribution in [1.29, 1.82) is 0 Å². The number of nitro benzene ring substituents is 1. The third-order valence-corrected chi connectivity index (χ3v) is 6.72. The van der Waals surface area contributed by atoms with Crippen LogP contribution in [0.3, 0.4) is 0 Å². The van der Waals surface area contributed by atoms with E-state index in [1.165, 1.54) is 12.1 Å². The minimum atomic E-state index is -0.454. The lowest BCUT2D eigenvalue weighted by atomic mass is 9.91. The van der Waals surface area contributed by atoms with Gasteiger partial charge in [0.2, 0.25) is 0 Å². The summed E-state index contributed by atoms with van der Waals surface area (Å²) in [5.41, 5.74) is 2.56. The summed E-state index contributed by atoms with van der Waals surface area (Å²) in [4.78, 5) is 26.2. The average Bonchev–Trinajstić information content (AvgIpc) is 2.94. The number of fused-ring (bicyclic) bond motifs is 2. The number of carbonyl (C=O) groups excluding carboxylic acids is 1. The van der Waals surface area contributed by atoms with Gasteiger partial charge >= 0.3 is 0 Å². The van der Waals surface area contributed by atoms with Crippen LogP contribution in [0.1, 0.15) is 27.5 Å². The standard InChI is InChI=1S/C29H26N2O6/c1-35-27-16-21-13-14-30(29(32)22-8-7-19-5-3-4-6-20(19)15-22)26(25(21)17-28(27)36-2)18-37-24-11-9-23(10-12-24)31(33)34/h3-12,15-17,26H,13-14,18H2,1-2H3. The minimum Gasteiger partial charge on any atom is -0.493 e. The van der Waals surface area contributed by atoms with Crippen LogP contribution in [0.4, 0.5) is 5.69 Å². The number of methoxy groups -OCH3 is 2. The van der Waals surface area contributed by atoms with E-state index in [2.05, 4.69) is 0 Å². The molecule has 1 atom stereocenters. The van der Waals surface area contributed by atoms with Gasteiger partial charge in [0.1, 0.15) is 12.4 Å². The van der Waals surface area contributed by atoms with Crippen LogP contribution < -0.4 is 14.2 Å². The van der Waals surface area contributed by atoms with Crippen molar-refractivity contribution in [3.63, 3.8) is 0 Å². The van der Waals surface area contributed by atoms with Crippen molar-refractivity contribution in [2.45, 2.75) is 12.5 Å². The Morgan fingerprint density at radius 2 is 1.65 bits per heavy atom. The molecule has 1 aliphatic rings. The smallest absolute Gasteiger partial charge is 0.269 e. The molecule has 0 aromatic heterocycles. The van der Waals surface area contributed by atoms with Crippen molar-refractivity contribution in [2.75, 3.05) is 27.4 Å². The SMILES string of the molecule is COc1cc2c(cc1OC)C(COc1ccc([N+](=O)[O-])cc1)N(C(=O)c1ccc3ccccc3c1)CC2. The van der Waals surface area contributed by atoms with Crippen LogP contribution in [0, 0.1) is 10.1 Å². The molecule has 8 nitrogen and oxygen atoms in total. The molecule has 0 saturated heterocycles. The summed E-state index contributed by atoms with van der Waals surface area (Å²) < 4.78 is 17.1. The molecule has 0 spiro atoms. The molecule has 1 amide bonds. The normalized spacial score (nSPS) is 14.6. The van der Waals surface area contributed by atoms with Gasteiger partial charge in [0, 0.05) is 24.2 Å². The van der Waals surface area contributed by atoms with Gasteiger partial charge in [-0.1, -0.05) is 30.3 Å². The maximum Gasteiger partial charge on any atom is 0.269 e. The molecule has 4 aromatic rings. The summed E-state index contributed by atoms with van der Waals surface area (Å²) in [6.45, 7) is 0.669. The van der Waals surface area contributed by atoms with Crippen LogP contribution in [0.15, 0.2) is 78.9 Å². The van der Waals surface area contributed by atoms with Gasteiger partial charge in [-0.2, -0.15) is 0 Å². The first kappa shape index (κ1) is 24.1. The summed E-state index contributed by atoms with van der Waals surface area (Å²) in [5, 5.41) is 13.1. The minimum absolute atomic E-state index is 0.0136. The first-order valence-electron chi connectivity index (χ1n) is 11.9. The Bertz CT molecular complexity index is 1470. The quantitative estimate of drug-likeness (QED) is 0.244. The van der Waals surface area contributed by atoms with Crippen LogP contribution >= 0.6 is 0 Å². The van der Waals surface area contributed by atoms with Gasteiger partial charge < -0.3 is 19.1 Å². The Balaban J connectivity index is 1.50. The molecule has 0 radical (unpaired) electrons. The number of rotatable bonds is 7. The molecule has 5 rings (SSSR count). The largest absolute Gasteiger partial charge is 0.493 e. The Kier molecular flexibility index (Phi) is 6.64. The van der Waals surface area contributed by atoms with Crippen LogP contribution in [0.25, 0.3) is 10.8 Å². The third kappa shape index (κ3) is 4.78. The predicted octanol–water partition coefficient (Wildman–Crippen LogP) is 5.58. The summed E-state index contributed by atoms with van der Waals surface area (Å²) in [7, 11) is 3.17. The fourth-order valence-corrected chi connectivity index (χ4v) is 4.78. The number of hydrogen-bond donors (Lipinski definition) is 0. The van der Waals surface area contributed by atoms with Crippen LogP contribution in [0.5, 0.6) is 17.2 Å². The van der Waals surface area contributed by atoms with E-state index in [1.807, 2.05) is 59.5 Å². The zero-order valence-corrected chi connectivity index (χ0v) is 20.5. The van der Waals surface area contributed by atoms with Crippen molar-refractivity contribution in [3.05, 3.63) is 106 Å². The maximum absolute atomic E-state index is 13.8. The van der Waals surface area contributed by atoms with Crippen molar-refractivity contribution in [1.82, 2.24) is 4.90 Å². The lowest BCUT2D eigenvalue weighted by Crippen LogP contribution is -2.42. The van der Waals surface area contributed by atoms with E-state index < -0.39 is 11.0 Å². The van der Waals surface area contributed by atoms with Gasteiger partial charge in [0.15, 0.2) is 11.5 Å². The molecular weight excluding hydrogens is 472 g/mol. The fourth-order valence-electron chi connectivity index (χ4n) is 4.78. The highest BCUT2D eigenvalue weighted by molar-refractivity contribution is 5.99. The zero-order chi connectivity index (χ0) is 25.9. The van der Waals surface area contributed by atoms with E-state index in [-0.39, 0.29) is 18.2 Å². The Labute approximate surface area is 214 Å². The molecule has 1 unspecified atom stereocenters. The van der Waals surface area contributed by atoms with Gasteiger partial charge in [-0.25, -0.2) is 0 Å². The van der Waals surface area contributed by atoms with E-state index in [1.54, 1.807) is 26.4 Å². The maximum atomic E-state index is 13.8. The molecule has 1 aliphatic heterocycles. The second-order valence-electron chi connectivity index (χ2n) is 8.79. The van der Waals surface area contributed by atoms with E-state index in [4.69, 9.17) is 14.2 Å². The van der Waals surface area contributed by atoms with Gasteiger partial charge in [-0.3, -0.25) is 14.9 Å².